The van der Waals surface area contributed by atoms with Gasteiger partial charge in [0.05, 0.1) is 6.61 Å². The summed E-state index contributed by atoms with van der Waals surface area (Å²) in [5.41, 5.74) is 3.85. The molecule has 2 rings (SSSR count). The molecule has 0 aliphatic heterocycles. The van der Waals surface area contributed by atoms with Gasteiger partial charge in [-0.05, 0) is 41.7 Å². The largest absolute Gasteiger partial charge is 0.494 e. The average Bonchev–Trinajstić information content (AvgIpc) is 2.54. The Balaban J connectivity index is 1.92. The zero-order valence-electron chi connectivity index (χ0n) is 13.9. The van der Waals surface area contributed by atoms with Crippen molar-refractivity contribution < 1.29 is 4.74 Å². The normalized spacial score (nSPS) is 10.7. The third-order valence-corrected chi connectivity index (χ3v) is 3.76. The van der Waals surface area contributed by atoms with Crippen molar-refractivity contribution in [2.45, 2.75) is 46.1 Å². The number of ether oxygens (including phenoxy) is 1. The predicted octanol–water partition coefficient (Wildman–Crippen LogP) is 5.60. The van der Waals surface area contributed by atoms with Crippen molar-refractivity contribution in [1.29, 1.82) is 0 Å². The van der Waals surface area contributed by atoms with Gasteiger partial charge in [-0.3, -0.25) is 0 Å². The quantitative estimate of drug-likeness (QED) is 0.640. The van der Waals surface area contributed by atoms with Crippen LogP contribution in [0.4, 0.5) is 5.69 Å². The first-order valence-electron chi connectivity index (χ1n) is 8.25. The maximum Gasteiger partial charge on any atom is 0.119 e. The summed E-state index contributed by atoms with van der Waals surface area (Å²) >= 11 is 0. The third kappa shape index (κ3) is 4.80. The van der Waals surface area contributed by atoms with Gasteiger partial charge in [-0.1, -0.05) is 57.5 Å². The molecule has 118 valence electrons. The van der Waals surface area contributed by atoms with Crippen LogP contribution in [0.3, 0.4) is 0 Å². The molecule has 0 unspecified atom stereocenters. The number of unbranched alkanes of at least 4 members (excludes halogenated alkanes) is 1. The van der Waals surface area contributed by atoms with E-state index in [1.165, 1.54) is 16.8 Å². The van der Waals surface area contributed by atoms with E-state index in [2.05, 4.69) is 74.6 Å². The van der Waals surface area contributed by atoms with E-state index < -0.39 is 0 Å². The van der Waals surface area contributed by atoms with Crippen LogP contribution in [0.5, 0.6) is 5.75 Å². The van der Waals surface area contributed by atoms with Gasteiger partial charge in [-0.25, -0.2) is 0 Å². The van der Waals surface area contributed by atoms with Crippen molar-refractivity contribution in [3.05, 3.63) is 59.7 Å². The summed E-state index contributed by atoms with van der Waals surface area (Å²) in [6.45, 7) is 8.26. The summed E-state index contributed by atoms with van der Waals surface area (Å²) in [6, 6.07) is 16.9. The Kier molecular flexibility index (Phi) is 6.32. The van der Waals surface area contributed by atoms with E-state index in [1.807, 2.05) is 0 Å². The number of hydrogen-bond acceptors (Lipinski definition) is 2. The molecule has 0 saturated carbocycles. The van der Waals surface area contributed by atoms with Crippen LogP contribution in [0.25, 0.3) is 0 Å². The van der Waals surface area contributed by atoms with Crippen LogP contribution in [0.2, 0.25) is 0 Å². The van der Waals surface area contributed by atoms with E-state index in [0.717, 1.165) is 31.7 Å². The molecule has 0 spiro atoms. The highest BCUT2D eigenvalue weighted by Crippen LogP contribution is 2.24. The second kappa shape index (κ2) is 8.47. The Morgan fingerprint density at radius 1 is 1.00 bits per heavy atom. The first-order valence-corrected chi connectivity index (χ1v) is 8.25. The smallest absolute Gasteiger partial charge is 0.119 e. The fourth-order valence-electron chi connectivity index (χ4n) is 2.40. The minimum atomic E-state index is 0.526. The predicted molar refractivity (Wildman–Crippen MR) is 94.7 cm³/mol. The maximum absolute atomic E-state index is 5.69. The van der Waals surface area contributed by atoms with Crippen molar-refractivity contribution in [2.24, 2.45) is 0 Å². The van der Waals surface area contributed by atoms with Crippen LogP contribution in [-0.4, -0.2) is 6.61 Å². The Morgan fingerprint density at radius 2 is 1.73 bits per heavy atom. The summed E-state index contributed by atoms with van der Waals surface area (Å²) in [6.07, 6.45) is 2.27. The topological polar surface area (TPSA) is 21.3 Å². The molecule has 0 aliphatic carbocycles. The molecule has 0 amide bonds. The van der Waals surface area contributed by atoms with Crippen molar-refractivity contribution >= 4 is 5.69 Å². The molecule has 2 aromatic carbocycles. The highest BCUT2D eigenvalue weighted by molar-refractivity contribution is 5.52. The summed E-state index contributed by atoms with van der Waals surface area (Å²) in [7, 11) is 0. The summed E-state index contributed by atoms with van der Waals surface area (Å²) < 4.78 is 5.69. The summed E-state index contributed by atoms with van der Waals surface area (Å²) in [4.78, 5) is 0. The highest BCUT2D eigenvalue weighted by atomic mass is 16.5. The molecular formula is C20H27NO. The van der Waals surface area contributed by atoms with Gasteiger partial charge in [-0.15, -0.1) is 0 Å². The number of rotatable bonds is 8. The second-order valence-corrected chi connectivity index (χ2v) is 5.94. The molecule has 0 aromatic heterocycles. The van der Waals surface area contributed by atoms with Crippen molar-refractivity contribution in [3.8, 4) is 5.75 Å². The minimum Gasteiger partial charge on any atom is -0.494 e. The van der Waals surface area contributed by atoms with Crippen LogP contribution in [0.1, 0.15) is 50.7 Å². The Bertz CT molecular complexity index is 560. The average molecular weight is 297 g/mol. The van der Waals surface area contributed by atoms with Gasteiger partial charge in [0, 0.05) is 12.2 Å². The lowest BCUT2D eigenvalue weighted by Gasteiger charge is -2.14. The van der Waals surface area contributed by atoms with Gasteiger partial charge < -0.3 is 10.1 Å². The zero-order valence-corrected chi connectivity index (χ0v) is 13.9. The first kappa shape index (κ1) is 16.4. The fourth-order valence-corrected chi connectivity index (χ4v) is 2.40. The molecule has 2 aromatic rings. The van der Waals surface area contributed by atoms with Crippen molar-refractivity contribution in [2.75, 3.05) is 11.9 Å². The molecule has 2 nitrogen and oxygen atoms in total. The number of hydrogen-bond donors (Lipinski definition) is 1. The lowest BCUT2D eigenvalue weighted by atomic mass is 10.0. The summed E-state index contributed by atoms with van der Waals surface area (Å²) in [5.74, 6) is 1.48. The molecule has 0 aliphatic rings. The van der Waals surface area contributed by atoms with Crippen molar-refractivity contribution in [3.63, 3.8) is 0 Å². The van der Waals surface area contributed by atoms with Crippen LogP contribution >= 0.6 is 0 Å². The molecule has 0 saturated heterocycles. The summed E-state index contributed by atoms with van der Waals surface area (Å²) in [5, 5.41) is 3.54. The van der Waals surface area contributed by atoms with E-state index in [-0.39, 0.29) is 0 Å². The van der Waals surface area contributed by atoms with Crippen LogP contribution in [0.15, 0.2) is 48.5 Å². The monoisotopic (exact) mass is 297 g/mol. The van der Waals surface area contributed by atoms with Crippen molar-refractivity contribution in [1.82, 2.24) is 0 Å². The molecule has 0 bridgehead atoms. The standard InChI is InChI=1S/C20H27NO/c1-4-5-14-22-18-12-10-17(11-13-18)15-21-20-9-7-6-8-19(20)16(2)3/h6-13,16,21H,4-5,14-15H2,1-3H3. The molecule has 1 N–H and O–H groups in total. The molecule has 0 heterocycles. The SMILES string of the molecule is CCCCOc1ccc(CNc2ccccc2C(C)C)cc1. The van der Waals surface area contributed by atoms with E-state index >= 15 is 0 Å². The lowest BCUT2D eigenvalue weighted by molar-refractivity contribution is 0.309. The molecule has 2 heteroatoms. The molecule has 0 fully saturated rings. The molecule has 22 heavy (non-hydrogen) atoms. The van der Waals surface area contributed by atoms with Gasteiger partial charge in [0.2, 0.25) is 0 Å². The Hall–Kier alpha value is -1.96. The molecule has 0 atom stereocenters. The molecule has 0 radical (unpaired) electrons. The Morgan fingerprint density at radius 3 is 2.41 bits per heavy atom. The maximum atomic E-state index is 5.69. The lowest BCUT2D eigenvalue weighted by Crippen LogP contribution is -2.03. The number of para-hydroxylation sites is 1. The van der Waals surface area contributed by atoms with Gasteiger partial charge in [0.1, 0.15) is 5.75 Å². The van der Waals surface area contributed by atoms with E-state index in [0.29, 0.717) is 5.92 Å². The van der Waals surface area contributed by atoms with E-state index in [9.17, 15) is 0 Å². The number of anilines is 1. The number of nitrogens with one attached hydrogen (secondary N) is 1. The molecular weight excluding hydrogens is 270 g/mol. The van der Waals surface area contributed by atoms with Crippen LogP contribution < -0.4 is 10.1 Å². The minimum absolute atomic E-state index is 0.526. The first-order chi connectivity index (χ1) is 10.7. The third-order valence-electron chi connectivity index (χ3n) is 3.76. The van der Waals surface area contributed by atoms with E-state index in [4.69, 9.17) is 4.74 Å². The second-order valence-electron chi connectivity index (χ2n) is 5.94. The number of benzene rings is 2. The van der Waals surface area contributed by atoms with Crippen LogP contribution in [-0.2, 0) is 6.54 Å². The van der Waals surface area contributed by atoms with Gasteiger partial charge in [-0.2, -0.15) is 0 Å². The van der Waals surface area contributed by atoms with Gasteiger partial charge in [0.25, 0.3) is 0 Å². The van der Waals surface area contributed by atoms with E-state index in [1.54, 1.807) is 0 Å². The van der Waals surface area contributed by atoms with Crippen LogP contribution in [0, 0.1) is 0 Å². The zero-order chi connectivity index (χ0) is 15.8. The van der Waals surface area contributed by atoms with Gasteiger partial charge >= 0.3 is 0 Å². The highest BCUT2D eigenvalue weighted by Gasteiger charge is 2.05. The fraction of sp³-hybridized carbons (Fsp3) is 0.400. The van der Waals surface area contributed by atoms with Gasteiger partial charge in [0.15, 0.2) is 0 Å². The Labute approximate surface area is 134 Å².